The fourth-order valence-electron chi connectivity index (χ4n) is 1.08. The van der Waals surface area contributed by atoms with E-state index in [2.05, 4.69) is 13.2 Å². The average Bonchev–Trinajstić information content (AvgIpc) is 2.15. The Labute approximate surface area is 86.5 Å². The van der Waals surface area contributed by atoms with E-state index in [0.717, 1.165) is 5.57 Å². The highest BCUT2D eigenvalue weighted by molar-refractivity contribution is 5.39. The van der Waals surface area contributed by atoms with Crippen LogP contribution < -0.4 is 0 Å². The van der Waals surface area contributed by atoms with Crippen molar-refractivity contribution in [3.63, 3.8) is 0 Å². The van der Waals surface area contributed by atoms with Crippen molar-refractivity contribution >= 4 is 0 Å². The molecule has 0 saturated carbocycles. The van der Waals surface area contributed by atoms with E-state index in [1.807, 2.05) is 32.9 Å². The molecular weight excluding hydrogens is 175 g/mol. The topological polar surface area (TPSA) is 0 Å². The molecule has 0 N–H and O–H groups in total. The van der Waals surface area contributed by atoms with Crippen molar-refractivity contribution in [1.29, 1.82) is 0 Å². The molecule has 0 aliphatic rings. The van der Waals surface area contributed by atoms with Gasteiger partial charge >= 0.3 is 0 Å². The summed E-state index contributed by atoms with van der Waals surface area (Å²) < 4.78 is 13.3. The van der Waals surface area contributed by atoms with Gasteiger partial charge in [-0.1, -0.05) is 45.2 Å². The molecule has 0 bridgehead atoms. The normalized spacial score (nSPS) is 13.4. The Morgan fingerprint density at radius 2 is 1.71 bits per heavy atom. The zero-order valence-electron chi connectivity index (χ0n) is 9.52. The van der Waals surface area contributed by atoms with Gasteiger partial charge in [0.1, 0.15) is 5.83 Å². The third-order valence-electron chi connectivity index (χ3n) is 2.47. The maximum Gasteiger partial charge on any atom is 0.122 e. The van der Waals surface area contributed by atoms with Crippen LogP contribution in [0.15, 0.2) is 48.4 Å². The van der Waals surface area contributed by atoms with E-state index in [4.69, 9.17) is 0 Å². The van der Waals surface area contributed by atoms with Crippen molar-refractivity contribution < 1.29 is 4.39 Å². The smallest absolute Gasteiger partial charge is 0.122 e. The van der Waals surface area contributed by atoms with Crippen LogP contribution in [0, 0.1) is 5.41 Å². The van der Waals surface area contributed by atoms with Gasteiger partial charge < -0.3 is 0 Å². The van der Waals surface area contributed by atoms with Crippen molar-refractivity contribution in [2.24, 2.45) is 5.41 Å². The van der Waals surface area contributed by atoms with Crippen LogP contribution >= 0.6 is 0 Å². The van der Waals surface area contributed by atoms with E-state index >= 15 is 0 Å². The van der Waals surface area contributed by atoms with E-state index in [1.54, 1.807) is 6.92 Å². The summed E-state index contributed by atoms with van der Waals surface area (Å²) >= 11 is 0. The number of allylic oxidation sites excluding steroid dienone is 6. The van der Waals surface area contributed by atoms with Gasteiger partial charge in [0.25, 0.3) is 0 Å². The number of halogens is 1. The van der Waals surface area contributed by atoms with Crippen LogP contribution in [-0.4, -0.2) is 0 Å². The van der Waals surface area contributed by atoms with Crippen LogP contribution in [0.1, 0.15) is 27.7 Å². The first-order valence-electron chi connectivity index (χ1n) is 4.71. The molecule has 0 fully saturated rings. The van der Waals surface area contributed by atoms with E-state index in [0.29, 0.717) is 5.57 Å². The molecule has 0 aromatic carbocycles. The van der Waals surface area contributed by atoms with Crippen molar-refractivity contribution in [2.75, 3.05) is 0 Å². The molecular formula is C13H19F. The van der Waals surface area contributed by atoms with E-state index in [1.165, 1.54) is 6.08 Å². The predicted molar refractivity (Wildman–Crippen MR) is 61.7 cm³/mol. The lowest BCUT2D eigenvalue weighted by atomic mass is 9.77. The highest BCUT2D eigenvalue weighted by atomic mass is 19.1. The zero-order valence-corrected chi connectivity index (χ0v) is 9.52. The maximum absolute atomic E-state index is 13.3. The van der Waals surface area contributed by atoms with Crippen molar-refractivity contribution in [2.45, 2.75) is 27.7 Å². The van der Waals surface area contributed by atoms with E-state index in [9.17, 15) is 4.39 Å². The monoisotopic (exact) mass is 194 g/mol. The molecule has 14 heavy (non-hydrogen) atoms. The van der Waals surface area contributed by atoms with Gasteiger partial charge in [0, 0.05) is 5.41 Å². The molecule has 0 amide bonds. The van der Waals surface area contributed by atoms with Crippen LogP contribution in [-0.2, 0) is 0 Å². The largest absolute Gasteiger partial charge is 0.207 e. The Hall–Kier alpha value is -1.11. The summed E-state index contributed by atoms with van der Waals surface area (Å²) in [4.78, 5) is 0. The van der Waals surface area contributed by atoms with Gasteiger partial charge in [-0.15, -0.1) is 0 Å². The van der Waals surface area contributed by atoms with Gasteiger partial charge in [-0.25, -0.2) is 4.39 Å². The first kappa shape index (κ1) is 12.9. The van der Waals surface area contributed by atoms with Crippen LogP contribution in [0.25, 0.3) is 0 Å². The summed E-state index contributed by atoms with van der Waals surface area (Å²) in [5.74, 6) is -0.263. The van der Waals surface area contributed by atoms with Gasteiger partial charge in [0.15, 0.2) is 0 Å². The summed E-state index contributed by atoms with van der Waals surface area (Å²) in [5, 5.41) is 0. The molecule has 0 radical (unpaired) electrons. The number of rotatable bonds is 4. The minimum atomic E-state index is -0.427. The molecule has 1 heteroatoms. The van der Waals surface area contributed by atoms with Gasteiger partial charge in [-0.2, -0.15) is 0 Å². The molecule has 0 atom stereocenters. The highest BCUT2D eigenvalue weighted by Crippen LogP contribution is 2.37. The second-order valence-corrected chi connectivity index (χ2v) is 3.77. The maximum atomic E-state index is 13.3. The van der Waals surface area contributed by atoms with Crippen LogP contribution in [0.2, 0.25) is 0 Å². The second-order valence-electron chi connectivity index (χ2n) is 3.77. The summed E-state index contributed by atoms with van der Waals surface area (Å²) in [6.07, 6.45) is 5.20. The third-order valence-corrected chi connectivity index (χ3v) is 2.47. The quantitative estimate of drug-likeness (QED) is 0.575. The van der Waals surface area contributed by atoms with Crippen LogP contribution in [0.4, 0.5) is 4.39 Å². The van der Waals surface area contributed by atoms with Gasteiger partial charge in [0.2, 0.25) is 0 Å². The minimum absolute atomic E-state index is 0.263. The fourth-order valence-corrected chi connectivity index (χ4v) is 1.08. The fraction of sp³-hybridized carbons (Fsp3) is 0.385. The Morgan fingerprint density at radius 1 is 1.21 bits per heavy atom. The molecule has 0 unspecified atom stereocenters. The summed E-state index contributed by atoms with van der Waals surface area (Å²) in [7, 11) is 0. The molecule has 0 aliphatic heterocycles. The lowest BCUT2D eigenvalue weighted by Gasteiger charge is -2.27. The van der Waals surface area contributed by atoms with Crippen molar-refractivity contribution in [1.82, 2.24) is 0 Å². The molecule has 0 heterocycles. The number of hydrogen-bond donors (Lipinski definition) is 0. The Bertz CT molecular complexity index is 290. The molecule has 0 aromatic rings. The Kier molecular flexibility index (Phi) is 4.55. The van der Waals surface area contributed by atoms with Crippen molar-refractivity contribution in [3.05, 3.63) is 48.4 Å². The minimum Gasteiger partial charge on any atom is -0.207 e. The standard InChI is InChI=1S/C13H19F/c1-7-9-10(3)13(5,6)11(4)12(14)8-2/h7-9H,3-4H2,1-2,5-6H3/b9-7-,12-8+. The molecule has 0 rings (SSSR count). The summed E-state index contributed by atoms with van der Waals surface area (Å²) in [6, 6.07) is 0. The van der Waals surface area contributed by atoms with Gasteiger partial charge in [-0.05, 0) is 25.0 Å². The van der Waals surface area contributed by atoms with E-state index < -0.39 is 5.41 Å². The second kappa shape index (κ2) is 4.94. The SMILES string of the molecule is C=C(/C=C\C)C(C)(C)C(=C)/C(F)=C\C. The van der Waals surface area contributed by atoms with Crippen LogP contribution in [0.3, 0.4) is 0 Å². The molecule has 0 nitrogen and oxygen atoms in total. The van der Waals surface area contributed by atoms with Gasteiger partial charge in [-0.3, -0.25) is 0 Å². The lowest BCUT2D eigenvalue weighted by molar-refractivity contribution is 0.513. The third kappa shape index (κ3) is 2.69. The summed E-state index contributed by atoms with van der Waals surface area (Å²) in [5.41, 5.74) is 0.911. The zero-order chi connectivity index (χ0) is 11.4. The predicted octanol–water partition coefficient (Wildman–Crippen LogP) is 4.57. The molecule has 0 aromatic heterocycles. The highest BCUT2D eigenvalue weighted by Gasteiger charge is 2.26. The van der Waals surface area contributed by atoms with Gasteiger partial charge in [0.05, 0.1) is 0 Å². The molecule has 78 valence electrons. The molecule has 0 saturated heterocycles. The summed E-state index contributed by atoms with van der Waals surface area (Å²) in [6.45, 7) is 15.1. The first-order chi connectivity index (χ1) is 6.37. The van der Waals surface area contributed by atoms with Crippen molar-refractivity contribution in [3.8, 4) is 0 Å². The molecule has 0 spiro atoms. The van der Waals surface area contributed by atoms with Crippen LogP contribution in [0.5, 0.6) is 0 Å². The number of hydrogen-bond acceptors (Lipinski definition) is 0. The lowest BCUT2D eigenvalue weighted by Crippen LogP contribution is -2.16. The van der Waals surface area contributed by atoms with E-state index in [-0.39, 0.29) is 5.83 Å². The molecule has 0 aliphatic carbocycles. The first-order valence-corrected chi connectivity index (χ1v) is 4.71. The Morgan fingerprint density at radius 3 is 2.07 bits per heavy atom. The average molecular weight is 194 g/mol. The Balaban J connectivity index is 4.96.